The van der Waals surface area contributed by atoms with Gasteiger partial charge in [-0.15, -0.1) is 0 Å². The van der Waals surface area contributed by atoms with E-state index in [1.54, 1.807) is 30.3 Å². The molecule has 0 spiro atoms. The van der Waals surface area contributed by atoms with E-state index < -0.39 is 29.6 Å². The molecule has 208 valence electrons. The van der Waals surface area contributed by atoms with Gasteiger partial charge in [-0.3, -0.25) is 14.4 Å². The molecule has 3 aromatic rings. The fourth-order valence-corrected chi connectivity index (χ4v) is 4.81. The molecule has 1 atom stereocenters. The monoisotopic (exact) mass is 553 g/mol. The van der Waals surface area contributed by atoms with Crippen LogP contribution in [0.15, 0.2) is 66.7 Å². The van der Waals surface area contributed by atoms with Crippen molar-refractivity contribution in [2.24, 2.45) is 0 Å². The molecule has 1 unspecified atom stereocenters. The zero-order valence-corrected chi connectivity index (χ0v) is 21.5. The molecule has 0 radical (unpaired) electrons. The number of carbonyl (C=O) groups is 3. The number of ether oxygens (including phenoxy) is 2. The zero-order valence-electron chi connectivity index (χ0n) is 21.5. The minimum absolute atomic E-state index is 0.0264. The molecule has 0 bridgehead atoms. The first kappa shape index (κ1) is 27.0. The lowest BCUT2D eigenvalue weighted by Gasteiger charge is -2.39. The van der Waals surface area contributed by atoms with Crippen molar-refractivity contribution in [3.8, 4) is 22.6 Å². The number of alkyl halides is 3. The van der Waals surface area contributed by atoms with Crippen LogP contribution in [-0.4, -0.2) is 66.4 Å². The molecule has 3 amide bonds. The number of benzene rings is 3. The van der Waals surface area contributed by atoms with E-state index in [0.717, 1.165) is 12.1 Å². The van der Waals surface area contributed by atoms with Crippen molar-refractivity contribution in [2.45, 2.75) is 19.1 Å². The van der Waals surface area contributed by atoms with E-state index in [0.29, 0.717) is 29.2 Å². The standard InChI is InChI=1S/C29H26F3N3O5/c1-2-39-24-8-3-4-9-25(24)40-17-26(36)34-12-13-35-23(16-34)27(37)33-22-11-10-19(15-21(22)28(35)38)18-6-5-7-20(14-18)29(30,31)32/h3-11,14-15,23H,2,12-13,16-17H2,1H3,(H,33,37). The van der Waals surface area contributed by atoms with Gasteiger partial charge in [0, 0.05) is 13.1 Å². The lowest BCUT2D eigenvalue weighted by Crippen LogP contribution is -2.60. The molecule has 1 N–H and O–H groups in total. The van der Waals surface area contributed by atoms with Crippen LogP contribution in [0.2, 0.25) is 0 Å². The number of fused-ring (bicyclic) bond motifs is 2. The molecule has 0 saturated carbocycles. The van der Waals surface area contributed by atoms with Crippen LogP contribution in [0.1, 0.15) is 22.8 Å². The maximum absolute atomic E-state index is 13.5. The number of piperazine rings is 1. The average Bonchev–Trinajstić information content (AvgIpc) is 3.05. The summed E-state index contributed by atoms with van der Waals surface area (Å²) in [6.07, 6.45) is -4.51. The van der Waals surface area contributed by atoms with E-state index in [1.165, 1.54) is 34.1 Å². The molecule has 2 heterocycles. The lowest BCUT2D eigenvalue weighted by molar-refractivity contribution is -0.138. The smallest absolute Gasteiger partial charge is 0.416 e. The number of hydrogen-bond acceptors (Lipinski definition) is 5. The summed E-state index contributed by atoms with van der Waals surface area (Å²) in [6, 6.07) is 15.4. The normalized spacial score (nSPS) is 16.9. The number of amides is 3. The predicted molar refractivity (Wildman–Crippen MR) is 140 cm³/mol. The zero-order chi connectivity index (χ0) is 28.4. The van der Waals surface area contributed by atoms with E-state index >= 15 is 0 Å². The molecular formula is C29H26F3N3O5. The van der Waals surface area contributed by atoms with Crippen molar-refractivity contribution in [1.29, 1.82) is 0 Å². The molecule has 5 rings (SSSR count). The molecule has 1 saturated heterocycles. The molecule has 3 aromatic carbocycles. The van der Waals surface area contributed by atoms with Gasteiger partial charge in [0.1, 0.15) is 6.04 Å². The fourth-order valence-electron chi connectivity index (χ4n) is 4.81. The summed E-state index contributed by atoms with van der Waals surface area (Å²) in [7, 11) is 0. The third-order valence-corrected chi connectivity index (χ3v) is 6.83. The number of anilines is 1. The highest BCUT2D eigenvalue weighted by molar-refractivity contribution is 6.10. The molecule has 40 heavy (non-hydrogen) atoms. The Morgan fingerprint density at radius 1 is 0.950 bits per heavy atom. The number of carbonyl (C=O) groups excluding carboxylic acids is 3. The van der Waals surface area contributed by atoms with Gasteiger partial charge in [0.25, 0.3) is 11.8 Å². The molecule has 11 heteroatoms. The Bertz CT molecular complexity index is 1460. The van der Waals surface area contributed by atoms with Gasteiger partial charge >= 0.3 is 6.18 Å². The summed E-state index contributed by atoms with van der Waals surface area (Å²) in [5, 5.41) is 2.74. The van der Waals surface area contributed by atoms with Gasteiger partial charge in [-0.2, -0.15) is 13.2 Å². The van der Waals surface area contributed by atoms with Gasteiger partial charge in [0.05, 0.1) is 30.0 Å². The van der Waals surface area contributed by atoms with Crippen LogP contribution in [0.5, 0.6) is 11.5 Å². The van der Waals surface area contributed by atoms with E-state index in [2.05, 4.69) is 5.32 Å². The van der Waals surface area contributed by atoms with E-state index in [9.17, 15) is 27.6 Å². The van der Waals surface area contributed by atoms with Crippen LogP contribution in [-0.2, 0) is 15.8 Å². The molecule has 1 fully saturated rings. The summed E-state index contributed by atoms with van der Waals surface area (Å²) in [5.41, 5.74) is 0.323. The van der Waals surface area contributed by atoms with Crippen LogP contribution in [0.4, 0.5) is 18.9 Å². The molecular weight excluding hydrogens is 527 g/mol. The van der Waals surface area contributed by atoms with Gasteiger partial charge < -0.3 is 24.6 Å². The Morgan fingerprint density at radius 2 is 1.68 bits per heavy atom. The molecule has 0 aromatic heterocycles. The molecule has 8 nitrogen and oxygen atoms in total. The van der Waals surface area contributed by atoms with Crippen molar-refractivity contribution >= 4 is 23.4 Å². The second kappa shape index (κ2) is 10.9. The molecule has 2 aliphatic rings. The lowest BCUT2D eigenvalue weighted by atomic mass is 9.99. The van der Waals surface area contributed by atoms with Gasteiger partial charge in [0.15, 0.2) is 18.1 Å². The number of halogens is 3. The largest absolute Gasteiger partial charge is 0.490 e. The minimum atomic E-state index is -4.51. The van der Waals surface area contributed by atoms with Gasteiger partial charge in [0.2, 0.25) is 5.91 Å². The highest BCUT2D eigenvalue weighted by atomic mass is 19.4. The van der Waals surface area contributed by atoms with Crippen LogP contribution < -0.4 is 14.8 Å². The maximum atomic E-state index is 13.5. The second-order valence-electron chi connectivity index (χ2n) is 9.35. The Morgan fingerprint density at radius 3 is 2.40 bits per heavy atom. The Labute approximate surface area is 228 Å². The molecule has 2 aliphatic heterocycles. The van der Waals surface area contributed by atoms with Crippen LogP contribution in [0.3, 0.4) is 0 Å². The van der Waals surface area contributed by atoms with Crippen LogP contribution in [0.25, 0.3) is 11.1 Å². The average molecular weight is 554 g/mol. The Kier molecular flexibility index (Phi) is 7.38. The fraction of sp³-hybridized carbons (Fsp3) is 0.276. The van der Waals surface area contributed by atoms with Crippen molar-refractivity contribution in [3.05, 3.63) is 77.9 Å². The summed E-state index contributed by atoms with van der Waals surface area (Å²) < 4.78 is 50.9. The third kappa shape index (κ3) is 5.45. The summed E-state index contributed by atoms with van der Waals surface area (Å²) >= 11 is 0. The number of nitrogens with one attached hydrogen (secondary N) is 1. The van der Waals surface area contributed by atoms with Crippen molar-refractivity contribution in [1.82, 2.24) is 9.80 Å². The maximum Gasteiger partial charge on any atom is 0.416 e. The Balaban J connectivity index is 1.32. The highest BCUT2D eigenvalue weighted by Crippen LogP contribution is 2.34. The van der Waals surface area contributed by atoms with Gasteiger partial charge in [-0.05, 0) is 54.4 Å². The van der Waals surface area contributed by atoms with Crippen molar-refractivity contribution in [3.63, 3.8) is 0 Å². The van der Waals surface area contributed by atoms with Crippen LogP contribution in [0, 0.1) is 0 Å². The number of nitrogens with zero attached hydrogens (tertiary/aromatic N) is 2. The summed E-state index contributed by atoms with van der Waals surface area (Å²) in [4.78, 5) is 42.5. The SMILES string of the molecule is CCOc1ccccc1OCC(=O)N1CCN2C(=O)c3cc(-c4cccc(C(F)(F)F)c4)ccc3NC(=O)C2C1. The first-order valence-electron chi connectivity index (χ1n) is 12.7. The first-order valence-corrected chi connectivity index (χ1v) is 12.7. The summed E-state index contributed by atoms with van der Waals surface area (Å²) in [5.74, 6) is -0.315. The van der Waals surface area contributed by atoms with E-state index in [4.69, 9.17) is 9.47 Å². The third-order valence-electron chi connectivity index (χ3n) is 6.83. The molecule has 0 aliphatic carbocycles. The number of para-hydroxylation sites is 2. The van der Waals surface area contributed by atoms with Crippen molar-refractivity contribution in [2.75, 3.05) is 38.2 Å². The van der Waals surface area contributed by atoms with Crippen molar-refractivity contribution < 1.29 is 37.0 Å². The topological polar surface area (TPSA) is 88.2 Å². The van der Waals surface area contributed by atoms with E-state index in [1.807, 2.05) is 6.92 Å². The second-order valence-corrected chi connectivity index (χ2v) is 9.35. The quantitative estimate of drug-likeness (QED) is 0.487. The highest BCUT2D eigenvalue weighted by Gasteiger charge is 2.40. The first-order chi connectivity index (χ1) is 19.2. The summed E-state index contributed by atoms with van der Waals surface area (Å²) in [6.45, 7) is 2.27. The van der Waals surface area contributed by atoms with Gasteiger partial charge in [-0.25, -0.2) is 0 Å². The van der Waals surface area contributed by atoms with Gasteiger partial charge in [-0.1, -0.05) is 30.3 Å². The number of rotatable bonds is 6. The Hall–Kier alpha value is -4.54. The predicted octanol–water partition coefficient (Wildman–Crippen LogP) is 4.46. The minimum Gasteiger partial charge on any atom is -0.490 e. The van der Waals surface area contributed by atoms with E-state index in [-0.39, 0.29) is 43.4 Å². The number of hydrogen-bond donors (Lipinski definition) is 1. The van der Waals surface area contributed by atoms with Crippen LogP contribution >= 0.6 is 0 Å².